The molecule has 0 atom stereocenters. The zero-order chi connectivity index (χ0) is 11.6. The molecule has 0 aromatic heterocycles. The average molecular weight is 256 g/mol. The molecule has 0 aliphatic carbocycles. The van der Waals surface area contributed by atoms with Gasteiger partial charge in [-0.2, -0.15) is 21.0 Å². The highest BCUT2D eigenvalue weighted by Gasteiger charge is 2.24. The van der Waals surface area contributed by atoms with E-state index in [2.05, 4.69) is 17.0 Å². The molecular weight excluding hydrogens is 244 g/mol. The van der Waals surface area contributed by atoms with Crippen LogP contribution in [0.4, 0.5) is 5.69 Å². The molecular formula is C10H12N2O2S2. The molecule has 0 saturated heterocycles. The summed E-state index contributed by atoms with van der Waals surface area (Å²) in [5.41, 5.74) is 0.694. The minimum Gasteiger partial charge on any atom is -0.331 e. The second-order valence-electron chi connectivity index (χ2n) is 3.43. The zero-order valence-corrected chi connectivity index (χ0v) is 10.3. The average Bonchev–Trinajstić information content (AvgIpc) is 2.29. The SMILES string of the molecule is O=S1(=O)N=CN(CCCS)c2ccccc21. The van der Waals surface area contributed by atoms with Gasteiger partial charge in [0.25, 0.3) is 10.0 Å². The summed E-state index contributed by atoms with van der Waals surface area (Å²) in [7, 11) is -3.49. The van der Waals surface area contributed by atoms with Crippen LogP contribution < -0.4 is 4.90 Å². The molecule has 6 heteroatoms. The number of sulfonamides is 1. The smallest absolute Gasteiger partial charge is 0.285 e. The first-order valence-electron chi connectivity index (χ1n) is 4.92. The molecule has 0 unspecified atom stereocenters. The fourth-order valence-electron chi connectivity index (χ4n) is 1.57. The molecule has 2 rings (SSSR count). The first kappa shape index (κ1) is 11.5. The number of benzene rings is 1. The Labute approximate surface area is 100 Å². The maximum absolute atomic E-state index is 11.7. The van der Waals surface area contributed by atoms with Gasteiger partial charge in [-0.05, 0) is 24.3 Å². The Morgan fingerprint density at radius 1 is 1.31 bits per heavy atom. The van der Waals surface area contributed by atoms with E-state index >= 15 is 0 Å². The quantitative estimate of drug-likeness (QED) is 0.835. The number of nitrogens with zero attached hydrogens (tertiary/aromatic N) is 2. The van der Waals surface area contributed by atoms with Crippen molar-refractivity contribution < 1.29 is 8.42 Å². The van der Waals surface area contributed by atoms with Gasteiger partial charge < -0.3 is 4.90 Å². The fraction of sp³-hybridized carbons (Fsp3) is 0.300. The van der Waals surface area contributed by atoms with Gasteiger partial charge in [-0.15, -0.1) is 4.40 Å². The van der Waals surface area contributed by atoms with Crippen molar-refractivity contribution >= 4 is 34.7 Å². The Morgan fingerprint density at radius 2 is 2.06 bits per heavy atom. The van der Waals surface area contributed by atoms with Crippen LogP contribution in [0.2, 0.25) is 0 Å². The summed E-state index contributed by atoms with van der Waals surface area (Å²) in [4.78, 5) is 2.11. The molecule has 0 fully saturated rings. The lowest BCUT2D eigenvalue weighted by molar-refractivity contribution is 0.597. The lowest BCUT2D eigenvalue weighted by Gasteiger charge is -2.24. The topological polar surface area (TPSA) is 49.7 Å². The van der Waals surface area contributed by atoms with Crippen LogP contribution in [0.25, 0.3) is 0 Å². The molecule has 16 heavy (non-hydrogen) atoms. The first-order valence-corrected chi connectivity index (χ1v) is 6.99. The van der Waals surface area contributed by atoms with E-state index in [4.69, 9.17) is 0 Å². The predicted octanol–water partition coefficient (Wildman–Crippen LogP) is 1.54. The molecule has 0 saturated carbocycles. The van der Waals surface area contributed by atoms with Crippen LogP contribution in [0.1, 0.15) is 6.42 Å². The van der Waals surface area contributed by atoms with Gasteiger partial charge in [-0.25, -0.2) is 0 Å². The van der Waals surface area contributed by atoms with Crippen molar-refractivity contribution in [1.82, 2.24) is 0 Å². The van der Waals surface area contributed by atoms with Crippen molar-refractivity contribution in [3.05, 3.63) is 24.3 Å². The summed E-state index contributed by atoms with van der Waals surface area (Å²) in [5, 5.41) is 0. The largest absolute Gasteiger partial charge is 0.331 e. The summed E-state index contributed by atoms with van der Waals surface area (Å²) in [6.45, 7) is 0.722. The summed E-state index contributed by atoms with van der Waals surface area (Å²) in [6, 6.07) is 6.89. The Hall–Kier alpha value is -1.01. The van der Waals surface area contributed by atoms with Gasteiger partial charge in [0.1, 0.15) is 11.2 Å². The lowest BCUT2D eigenvalue weighted by atomic mass is 10.3. The summed E-state index contributed by atoms with van der Waals surface area (Å²) < 4.78 is 26.9. The third kappa shape index (κ3) is 2.08. The number of hydrogen-bond donors (Lipinski definition) is 1. The predicted molar refractivity (Wildman–Crippen MR) is 67.9 cm³/mol. The maximum atomic E-state index is 11.7. The molecule has 0 spiro atoms. The standard InChI is InChI=1S/C10H12N2O2S2/c13-16(14)10-5-2-1-4-9(10)12(8-11-16)6-3-7-15/h1-2,4-5,8,15H,3,6-7H2. The Kier molecular flexibility index (Phi) is 3.20. The summed E-state index contributed by atoms with van der Waals surface area (Å²) in [6.07, 6.45) is 2.25. The zero-order valence-electron chi connectivity index (χ0n) is 8.57. The van der Waals surface area contributed by atoms with Gasteiger partial charge >= 0.3 is 0 Å². The fourth-order valence-corrected chi connectivity index (χ4v) is 2.76. The van der Waals surface area contributed by atoms with Gasteiger partial charge in [0.05, 0.1) is 5.69 Å². The van der Waals surface area contributed by atoms with Crippen molar-refractivity contribution in [2.24, 2.45) is 4.40 Å². The van der Waals surface area contributed by atoms with Crippen molar-refractivity contribution in [2.45, 2.75) is 11.3 Å². The molecule has 1 aromatic carbocycles. The monoisotopic (exact) mass is 256 g/mol. The van der Waals surface area contributed by atoms with E-state index in [0.29, 0.717) is 5.69 Å². The van der Waals surface area contributed by atoms with Crippen LogP contribution in [0.3, 0.4) is 0 Å². The molecule has 0 N–H and O–H groups in total. The molecule has 0 bridgehead atoms. The molecule has 1 aliphatic rings. The van der Waals surface area contributed by atoms with Crippen LogP contribution in [0.5, 0.6) is 0 Å². The third-order valence-electron chi connectivity index (χ3n) is 2.34. The number of fused-ring (bicyclic) bond motifs is 1. The van der Waals surface area contributed by atoms with Gasteiger partial charge in [0, 0.05) is 6.54 Å². The van der Waals surface area contributed by atoms with Crippen molar-refractivity contribution in [2.75, 3.05) is 17.2 Å². The number of anilines is 1. The number of rotatable bonds is 3. The minimum absolute atomic E-state index is 0.275. The molecule has 1 aliphatic heterocycles. The van der Waals surface area contributed by atoms with Crippen LogP contribution in [-0.4, -0.2) is 27.1 Å². The molecule has 0 radical (unpaired) electrons. The Morgan fingerprint density at radius 3 is 2.81 bits per heavy atom. The van der Waals surface area contributed by atoms with Crippen molar-refractivity contribution in [3.63, 3.8) is 0 Å². The summed E-state index contributed by atoms with van der Waals surface area (Å²) in [5.74, 6) is 0.763. The molecule has 1 aromatic rings. The van der Waals surface area contributed by atoms with E-state index in [1.54, 1.807) is 18.2 Å². The summed E-state index contributed by atoms with van der Waals surface area (Å²) >= 11 is 4.14. The van der Waals surface area contributed by atoms with Gasteiger partial charge in [-0.1, -0.05) is 12.1 Å². The highest BCUT2D eigenvalue weighted by Crippen LogP contribution is 2.28. The van der Waals surface area contributed by atoms with Gasteiger partial charge in [0.15, 0.2) is 0 Å². The third-order valence-corrected chi connectivity index (χ3v) is 3.92. The number of thiol groups is 1. The van der Waals surface area contributed by atoms with E-state index in [1.807, 2.05) is 11.0 Å². The highest BCUT2D eigenvalue weighted by atomic mass is 32.2. The van der Waals surface area contributed by atoms with E-state index in [9.17, 15) is 8.42 Å². The van der Waals surface area contributed by atoms with Gasteiger partial charge in [-0.3, -0.25) is 0 Å². The van der Waals surface area contributed by atoms with Crippen molar-refractivity contribution in [1.29, 1.82) is 0 Å². The molecule has 86 valence electrons. The second-order valence-corrected chi connectivity index (χ2v) is 5.48. The van der Waals surface area contributed by atoms with Gasteiger partial charge in [0.2, 0.25) is 0 Å². The van der Waals surface area contributed by atoms with Crippen LogP contribution in [0.15, 0.2) is 33.6 Å². The van der Waals surface area contributed by atoms with E-state index in [-0.39, 0.29) is 4.90 Å². The second kappa shape index (κ2) is 4.47. The van der Waals surface area contributed by atoms with Crippen LogP contribution in [0, 0.1) is 0 Å². The normalized spacial score (nSPS) is 17.2. The highest BCUT2D eigenvalue weighted by molar-refractivity contribution is 7.90. The minimum atomic E-state index is -3.49. The van der Waals surface area contributed by atoms with Crippen LogP contribution >= 0.6 is 12.6 Å². The molecule has 0 amide bonds. The van der Waals surface area contributed by atoms with Crippen LogP contribution in [-0.2, 0) is 10.0 Å². The van der Waals surface area contributed by atoms with E-state index in [0.717, 1.165) is 18.7 Å². The van der Waals surface area contributed by atoms with Crippen molar-refractivity contribution in [3.8, 4) is 0 Å². The first-order chi connectivity index (χ1) is 7.65. The van der Waals surface area contributed by atoms with E-state index < -0.39 is 10.0 Å². The number of hydrogen-bond acceptors (Lipinski definition) is 4. The molecule has 1 heterocycles. The maximum Gasteiger partial charge on any atom is 0.285 e. The lowest BCUT2D eigenvalue weighted by Crippen LogP contribution is -2.28. The Bertz CT molecular complexity index is 511. The number of para-hydroxylation sites is 1. The molecule has 4 nitrogen and oxygen atoms in total. The van der Waals surface area contributed by atoms with E-state index in [1.165, 1.54) is 6.34 Å². The Balaban J connectivity index is 2.41.